The number of aryl methyl sites for hydroxylation is 1. The lowest BCUT2D eigenvalue weighted by atomic mass is 10.1. The maximum atomic E-state index is 12.5. The third-order valence-electron chi connectivity index (χ3n) is 3.17. The zero-order valence-electron chi connectivity index (χ0n) is 11.2. The number of fused-ring (bicyclic) bond motifs is 1. The molecule has 0 saturated carbocycles. The van der Waals surface area contributed by atoms with Gasteiger partial charge in [0.2, 0.25) is 0 Å². The molecule has 0 spiro atoms. The number of carboxylic acid groups (broad SMARTS) is 1. The molecule has 1 aromatic heterocycles. The fourth-order valence-corrected chi connectivity index (χ4v) is 2.23. The number of rotatable bonds is 2. The van der Waals surface area contributed by atoms with E-state index in [0.29, 0.717) is 18.0 Å². The van der Waals surface area contributed by atoms with Crippen molar-refractivity contribution in [3.63, 3.8) is 0 Å². The zero-order chi connectivity index (χ0) is 15.0. The van der Waals surface area contributed by atoms with Gasteiger partial charge in [0.25, 0.3) is 5.91 Å². The van der Waals surface area contributed by atoms with E-state index in [4.69, 9.17) is 9.26 Å². The van der Waals surface area contributed by atoms with Gasteiger partial charge in [-0.25, -0.2) is 4.79 Å². The minimum Gasteiger partial charge on any atom is -0.489 e. The lowest BCUT2D eigenvalue weighted by Gasteiger charge is -2.29. The van der Waals surface area contributed by atoms with Crippen molar-refractivity contribution < 1.29 is 24.0 Å². The van der Waals surface area contributed by atoms with Crippen molar-refractivity contribution in [2.45, 2.75) is 6.92 Å². The molecule has 0 fully saturated rings. The van der Waals surface area contributed by atoms with E-state index in [-0.39, 0.29) is 29.5 Å². The van der Waals surface area contributed by atoms with Crippen LogP contribution >= 0.6 is 0 Å². The normalized spacial score (nSPS) is 13.5. The summed E-state index contributed by atoms with van der Waals surface area (Å²) in [6, 6.07) is 6.20. The van der Waals surface area contributed by atoms with Gasteiger partial charge in [0.15, 0.2) is 11.4 Å². The molecule has 7 heteroatoms. The van der Waals surface area contributed by atoms with Crippen LogP contribution in [0.4, 0.5) is 5.69 Å². The standard InChI is InChI=1S/C14H12N2O5/c1-8-7-10(15-21-8)13(17)16-5-6-20-12-9(14(18)19)3-2-4-11(12)16/h2-4,7H,5-6H2,1H3,(H,18,19). The second-order valence-corrected chi connectivity index (χ2v) is 4.59. The lowest BCUT2D eigenvalue weighted by molar-refractivity contribution is 0.0690. The summed E-state index contributed by atoms with van der Waals surface area (Å²) in [5.41, 5.74) is 0.634. The Kier molecular flexibility index (Phi) is 3.09. The Morgan fingerprint density at radius 2 is 2.19 bits per heavy atom. The van der Waals surface area contributed by atoms with Gasteiger partial charge in [0.05, 0.1) is 12.2 Å². The summed E-state index contributed by atoms with van der Waals surface area (Å²) in [6.45, 7) is 2.24. The van der Waals surface area contributed by atoms with E-state index in [1.54, 1.807) is 25.1 Å². The van der Waals surface area contributed by atoms with E-state index in [1.165, 1.54) is 11.0 Å². The summed E-state index contributed by atoms with van der Waals surface area (Å²) >= 11 is 0. The largest absolute Gasteiger partial charge is 0.489 e. The van der Waals surface area contributed by atoms with E-state index >= 15 is 0 Å². The van der Waals surface area contributed by atoms with Crippen LogP contribution in [0.2, 0.25) is 0 Å². The van der Waals surface area contributed by atoms with Gasteiger partial charge in [-0.05, 0) is 19.1 Å². The molecule has 0 saturated heterocycles. The maximum Gasteiger partial charge on any atom is 0.339 e. The van der Waals surface area contributed by atoms with Gasteiger partial charge in [0.1, 0.15) is 17.9 Å². The Labute approximate surface area is 119 Å². The number of carbonyl (C=O) groups excluding carboxylic acids is 1. The molecular formula is C14H12N2O5. The van der Waals surface area contributed by atoms with E-state index in [0.717, 1.165) is 0 Å². The summed E-state index contributed by atoms with van der Waals surface area (Å²) in [4.78, 5) is 25.1. The van der Waals surface area contributed by atoms with Gasteiger partial charge in [-0.2, -0.15) is 0 Å². The number of carbonyl (C=O) groups is 2. The summed E-state index contributed by atoms with van der Waals surface area (Å²) < 4.78 is 10.3. The fraction of sp³-hybridized carbons (Fsp3) is 0.214. The van der Waals surface area contributed by atoms with Crippen LogP contribution in [0, 0.1) is 6.92 Å². The topological polar surface area (TPSA) is 92.9 Å². The zero-order valence-corrected chi connectivity index (χ0v) is 11.2. The Hall–Kier alpha value is -2.83. The molecule has 1 N–H and O–H groups in total. The first-order valence-corrected chi connectivity index (χ1v) is 6.32. The molecule has 1 aliphatic rings. The van der Waals surface area contributed by atoms with E-state index in [1.807, 2.05) is 0 Å². The van der Waals surface area contributed by atoms with Crippen LogP contribution < -0.4 is 9.64 Å². The highest BCUT2D eigenvalue weighted by atomic mass is 16.5. The molecule has 1 aromatic carbocycles. The molecule has 0 atom stereocenters. The Morgan fingerprint density at radius 1 is 1.38 bits per heavy atom. The van der Waals surface area contributed by atoms with Gasteiger partial charge in [-0.1, -0.05) is 11.2 Å². The van der Waals surface area contributed by atoms with E-state index in [9.17, 15) is 14.7 Å². The number of benzene rings is 1. The van der Waals surface area contributed by atoms with Crippen LogP contribution in [0.25, 0.3) is 0 Å². The molecule has 1 aliphatic heterocycles. The highest BCUT2D eigenvalue weighted by molar-refractivity contribution is 6.07. The minimum atomic E-state index is -1.10. The number of para-hydroxylation sites is 1. The van der Waals surface area contributed by atoms with Crippen molar-refractivity contribution in [2.24, 2.45) is 0 Å². The molecule has 21 heavy (non-hydrogen) atoms. The van der Waals surface area contributed by atoms with Gasteiger partial charge >= 0.3 is 5.97 Å². The van der Waals surface area contributed by atoms with Crippen LogP contribution in [0.5, 0.6) is 5.75 Å². The van der Waals surface area contributed by atoms with Crippen LogP contribution in [-0.2, 0) is 0 Å². The Balaban J connectivity index is 2.03. The number of ether oxygens (including phenoxy) is 1. The number of hydrogen-bond acceptors (Lipinski definition) is 5. The van der Waals surface area contributed by atoms with Crippen molar-refractivity contribution in [3.05, 3.63) is 41.3 Å². The molecule has 2 heterocycles. The summed E-state index contributed by atoms with van der Waals surface area (Å²) in [5.74, 6) is -0.715. The van der Waals surface area contributed by atoms with E-state index in [2.05, 4.69) is 5.16 Å². The van der Waals surface area contributed by atoms with Gasteiger partial charge in [-0.3, -0.25) is 9.69 Å². The summed E-state index contributed by atoms with van der Waals surface area (Å²) in [7, 11) is 0. The highest BCUT2D eigenvalue weighted by Crippen LogP contribution is 2.35. The minimum absolute atomic E-state index is 0.0290. The molecule has 0 unspecified atom stereocenters. The Morgan fingerprint density at radius 3 is 2.86 bits per heavy atom. The Bertz CT molecular complexity index is 722. The number of aromatic carboxylic acids is 1. The molecular weight excluding hydrogens is 276 g/mol. The SMILES string of the molecule is Cc1cc(C(=O)N2CCOc3c(C(=O)O)cccc32)no1. The predicted molar refractivity (Wildman–Crippen MR) is 71.8 cm³/mol. The average Bonchev–Trinajstić information content (AvgIpc) is 2.91. The second-order valence-electron chi connectivity index (χ2n) is 4.59. The number of carboxylic acids is 1. The third kappa shape index (κ3) is 2.22. The molecule has 0 aliphatic carbocycles. The fourth-order valence-electron chi connectivity index (χ4n) is 2.23. The number of aromatic nitrogens is 1. The third-order valence-corrected chi connectivity index (χ3v) is 3.17. The van der Waals surface area contributed by atoms with Crippen LogP contribution in [-0.4, -0.2) is 35.3 Å². The molecule has 2 aromatic rings. The predicted octanol–water partition coefficient (Wildman–Crippen LogP) is 1.72. The monoisotopic (exact) mass is 288 g/mol. The van der Waals surface area contributed by atoms with Crippen molar-refractivity contribution >= 4 is 17.6 Å². The van der Waals surface area contributed by atoms with E-state index < -0.39 is 5.97 Å². The molecule has 0 radical (unpaired) electrons. The molecule has 0 bridgehead atoms. The number of anilines is 1. The molecule has 1 amide bonds. The second kappa shape index (κ2) is 4.93. The molecule has 3 rings (SSSR count). The quantitative estimate of drug-likeness (QED) is 0.904. The first kappa shape index (κ1) is 13.2. The van der Waals surface area contributed by atoms with Crippen molar-refractivity contribution in [1.82, 2.24) is 5.16 Å². The first-order chi connectivity index (χ1) is 10.1. The van der Waals surface area contributed by atoms with Gasteiger partial charge < -0.3 is 14.4 Å². The highest BCUT2D eigenvalue weighted by Gasteiger charge is 2.29. The molecule has 7 nitrogen and oxygen atoms in total. The summed E-state index contributed by atoms with van der Waals surface area (Å²) in [6.07, 6.45) is 0. The van der Waals surface area contributed by atoms with Crippen LogP contribution in [0.3, 0.4) is 0 Å². The number of amides is 1. The summed E-state index contributed by atoms with van der Waals surface area (Å²) in [5, 5.41) is 12.9. The van der Waals surface area contributed by atoms with Crippen molar-refractivity contribution in [3.8, 4) is 5.75 Å². The molecule has 108 valence electrons. The van der Waals surface area contributed by atoms with Crippen molar-refractivity contribution in [1.29, 1.82) is 0 Å². The van der Waals surface area contributed by atoms with Crippen LogP contribution in [0.15, 0.2) is 28.8 Å². The van der Waals surface area contributed by atoms with Crippen LogP contribution in [0.1, 0.15) is 26.6 Å². The lowest BCUT2D eigenvalue weighted by Crippen LogP contribution is -2.38. The number of nitrogens with zero attached hydrogens (tertiary/aromatic N) is 2. The maximum absolute atomic E-state index is 12.5. The van der Waals surface area contributed by atoms with Gasteiger partial charge in [-0.15, -0.1) is 0 Å². The first-order valence-electron chi connectivity index (χ1n) is 6.32. The van der Waals surface area contributed by atoms with Gasteiger partial charge in [0, 0.05) is 6.07 Å². The van der Waals surface area contributed by atoms with Crippen molar-refractivity contribution in [2.75, 3.05) is 18.1 Å². The average molecular weight is 288 g/mol. The number of hydrogen-bond donors (Lipinski definition) is 1. The smallest absolute Gasteiger partial charge is 0.339 e.